The fraction of sp³-hybridized carbons (Fsp3) is 0.375. The number of hydrogen-bond donors (Lipinski definition) is 1. The van der Waals surface area contributed by atoms with E-state index in [-0.39, 0.29) is 11.2 Å². The van der Waals surface area contributed by atoms with Crippen LogP contribution in [0.4, 0.5) is 5.69 Å². The summed E-state index contributed by atoms with van der Waals surface area (Å²) in [7, 11) is 0. The lowest BCUT2D eigenvalue weighted by Gasteiger charge is -2.14. The molecule has 1 aromatic carbocycles. The Hall–Kier alpha value is -1.75. The number of carbonyl (C=O) groups excluding carboxylic acids is 1. The van der Waals surface area contributed by atoms with Crippen molar-refractivity contribution in [1.29, 1.82) is 0 Å². The van der Waals surface area contributed by atoms with Crippen molar-refractivity contribution in [2.75, 3.05) is 5.32 Å². The highest BCUT2D eigenvalue weighted by Crippen LogP contribution is 2.26. The Labute approximate surface area is 129 Å². The van der Waals surface area contributed by atoms with Gasteiger partial charge in [-0.3, -0.25) is 4.79 Å². The smallest absolute Gasteiger partial charge is 0.256 e. The summed E-state index contributed by atoms with van der Waals surface area (Å²) < 4.78 is 5.50. The molecule has 1 N–H and O–H groups in total. The SMILES string of the molecule is Cc1cccc(C)c1NC(=O)C(C)Sc1nc(C)c(C)o1. The average molecular weight is 304 g/mol. The third-order valence-corrected chi connectivity index (χ3v) is 4.33. The fourth-order valence-electron chi connectivity index (χ4n) is 1.93. The van der Waals surface area contributed by atoms with Gasteiger partial charge in [0.1, 0.15) is 5.76 Å². The molecule has 0 fully saturated rings. The number of para-hydroxylation sites is 1. The molecule has 1 atom stereocenters. The molecule has 1 aromatic heterocycles. The highest BCUT2D eigenvalue weighted by molar-refractivity contribution is 8.00. The van der Waals surface area contributed by atoms with E-state index in [2.05, 4.69) is 10.3 Å². The number of hydrogen-bond acceptors (Lipinski definition) is 4. The molecule has 1 amide bonds. The van der Waals surface area contributed by atoms with Crippen LogP contribution in [0.1, 0.15) is 29.5 Å². The van der Waals surface area contributed by atoms with Gasteiger partial charge in [-0.1, -0.05) is 30.0 Å². The van der Waals surface area contributed by atoms with Gasteiger partial charge in [0.05, 0.1) is 10.9 Å². The molecule has 21 heavy (non-hydrogen) atoms. The van der Waals surface area contributed by atoms with Gasteiger partial charge in [-0.25, -0.2) is 4.98 Å². The highest BCUT2D eigenvalue weighted by atomic mass is 32.2. The van der Waals surface area contributed by atoms with Crippen molar-refractivity contribution in [1.82, 2.24) is 4.98 Å². The number of amides is 1. The highest BCUT2D eigenvalue weighted by Gasteiger charge is 2.19. The summed E-state index contributed by atoms with van der Waals surface area (Å²) >= 11 is 1.33. The van der Waals surface area contributed by atoms with Gasteiger partial charge in [-0.15, -0.1) is 0 Å². The number of anilines is 1. The predicted octanol–water partition coefficient (Wildman–Crippen LogP) is 4.03. The second-order valence-electron chi connectivity index (χ2n) is 5.14. The molecule has 0 bridgehead atoms. The fourth-order valence-corrected chi connectivity index (χ4v) is 2.77. The minimum absolute atomic E-state index is 0.0501. The first-order chi connectivity index (χ1) is 9.88. The Balaban J connectivity index is 2.06. The van der Waals surface area contributed by atoms with Crippen LogP contribution in [0.15, 0.2) is 27.8 Å². The van der Waals surface area contributed by atoms with Crippen LogP contribution in [0.25, 0.3) is 0 Å². The second-order valence-corrected chi connectivity index (χ2v) is 6.43. The molecule has 2 aromatic rings. The molecular weight excluding hydrogens is 284 g/mol. The number of aryl methyl sites for hydroxylation is 4. The standard InChI is InChI=1S/C16H20N2O2S/c1-9-7-6-8-10(2)14(9)18-15(19)13(5)21-16-17-11(3)12(4)20-16/h6-8,13H,1-5H3,(H,18,19). The van der Waals surface area contributed by atoms with E-state index in [0.29, 0.717) is 5.22 Å². The van der Waals surface area contributed by atoms with Gasteiger partial charge < -0.3 is 9.73 Å². The Morgan fingerprint density at radius 3 is 2.38 bits per heavy atom. The summed E-state index contributed by atoms with van der Waals surface area (Å²) in [4.78, 5) is 16.6. The number of carbonyl (C=O) groups is 1. The van der Waals surface area contributed by atoms with E-state index in [1.807, 2.05) is 52.8 Å². The number of oxazole rings is 1. The number of benzene rings is 1. The Bertz CT molecular complexity index is 625. The second kappa shape index (κ2) is 6.35. The molecule has 5 heteroatoms. The average Bonchev–Trinajstić information content (AvgIpc) is 2.72. The monoisotopic (exact) mass is 304 g/mol. The first kappa shape index (κ1) is 15.6. The number of aromatic nitrogens is 1. The Kier molecular flexibility index (Phi) is 4.73. The van der Waals surface area contributed by atoms with E-state index in [0.717, 1.165) is 28.3 Å². The molecule has 0 saturated heterocycles. The van der Waals surface area contributed by atoms with Crippen LogP contribution in [0.3, 0.4) is 0 Å². The zero-order valence-electron chi connectivity index (χ0n) is 13.0. The van der Waals surface area contributed by atoms with Gasteiger partial charge in [0.15, 0.2) is 0 Å². The number of rotatable bonds is 4. The number of thioether (sulfide) groups is 1. The van der Waals surface area contributed by atoms with Crippen LogP contribution < -0.4 is 5.32 Å². The van der Waals surface area contributed by atoms with Crippen molar-refractivity contribution in [3.05, 3.63) is 40.8 Å². The third-order valence-electron chi connectivity index (χ3n) is 3.39. The van der Waals surface area contributed by atoms with E-state index in [4.69, 9.17) is 4.42 Å². The molecule has 0 spiro atoms. The van der Waals surface area contributed by atoms with Crippen LogP contribution in [-0.2, 0) is 4.79 Å². The summed E-state index contributed by atoms with van der Waals surface area (Å²) in [5.41, 5.74) is 3.86. The largest absolute Gasteiger partial charge is 0.437 e. The topological polar surface area (TPSA) is 55.1 Å². The maximum Gasteiger partial charge on any atom is 0.256 e. The first-order valence-corrected chi connectivity index (χ1v) is 7.74. The van der Waals surface area contributed by atoms with Crippen LogP contribution >= 0.6 is 11.8 Å². The van der Waals surface area contributed by atoms with E-state index in [9.17, 15) is 4.79 Å². The lowest BCUT2D eigenvalue weighted by molar-refractivity contribution is -0.115. The summed E-state index contributed by atoms with van der Waals surface area (Å²) in [5, 5.41) is 3.25. The molecule has 1 unspecified atom stereocenters. The summed E-state index contributed by atoms with van der Waals surface area (Å²) in [6.45, 7) is 9.59. The molecule has 0 saturated carbocycles. The van der Waals surface area contributed by atoms with Crippen LogP contribution in [0, 0.1) is 27.7 Å². The van der Waals surface area contributed by atoms with Gasteiger partial charge in [0, 0.05) is 5.69 Å². The summed E-state index contributed by atoms with van der Waals surface area (Å²) in [6, 6.07) is 5.96. The molecule has 112 valence electrons. The van der Waals surface area contributed by atoms with Crippen molar-refractivity contribution in [2.24, 2.45) is 0 Å². The van der Waals surface area contributed by atoms with Gasteiger partial charge >= 0.3 is 0 Å². The van der Waals surface area contributed by atoms with E-state index in [1.54, 1.807) is 0 Å². The minimum atomic E-state index is -0.276. The predicted molar refractivity (Wildman–Crippen MR) is 85.8 cm³/mol. The lowest BCUT2D eigenvalue weighted by atomic mass is 10.1. The van der Waals surface area contributed by atoms with E-state index < -0.39 is 0 Å². The maximum absolute atomic E-state index is 12.3. The molecular formula is C16H20N2O2S. The van der Waals surface area contributed by atoms with Gasteiger partial charge in [-0.2, -0.15) is 0 Å². The van der Waals surface area contributed by atoms with Gasteiger partial charge in [-0.05, 0) is 45.7 Å². The molecule has 2 rings (SSSR count). The Morgan fingerprint density at radius 1 is 1.24 bits per heavy atom. The third kappa shape index (κ3) is 3.67. The lowest BCUT2D eigenvalue weighted by Crippen LogP contribution is -2.23. The summed E-state index contributed by atoms with van der Waals surface area (Å²) in [6.07, 6.45) is 0. The van der Waals surface area contributed by atoms with Gasteiger partial charge in [0.25, 0.3) is 5.22 Å². The van der Waals surface area contributed by atoms with Gasteiger partial charge in [0.2, 0.25) is 5.91 Å². The number of nitrogens with one attached hydrogen (secondary N) is 1. The van der Waals surface area contributed by atoms with Crippen molar-refractivity contribution < 1.29 is 9.21 Å². The van der Waals surface area contributed by atoms with Crippen molar-refractivity contribution in [2.45, 2.75) is 45.1 Å². The Morgan fingerprint density at radius 2 is 1.86 bits per heavy atom. The number of nitrogens with zero attached hydrogens (tertiary/aromatic N) is 1. The molecule has 0 radical (unpaired) electrons. The van der Waals surface area contributed by atoms with E-state index >= 15 is 0 Å². The summed E-state index contributed by atoms with van der Waals surface area (Å²) in [5.74, 6) is 0.741. The molecule has 0 aliphatic carbocycles. The minimum Gasteiger partial charge on any atom is -0.437 e. The molecule has 1 heterocycles. The molecule has 0 aliphatic heterocycles. The van der Waals surface area contributed by atoms with Crippen LogP contribution in [-0.4, -0.2) is 16.1 Å². The normalized spacial score (nSPS) is 12.2. The maximum atomic E-state index is 12.3. The molecule has 4 nitrogen and oxygen atoms in total. The van der Waals surface area contributed by atoms with E-state index in [1.165, 1.54) is 11.8 Å². The molecule has 0 aliphatic rings. The quantitative estimate of drug-likeness (QED) is 0.867. The van der Waals surface area contributed by atoms with Crippen molar-refractivity contribution >= 4 is 23.4 Å². The van der Waals surface area contributed by atoms with Crippen LogP contribution in [0.2, 0.25) is 0 Å². The zero-order chi connectivity index (χ0) is 15.6. The first-order valence-electron chi connectivity index (χ1n) is 6.86. The van der Waals surface area contributed by atoms with Crippen molar-refractivity contribution in [3.8, 4) is 0 Å². The zero-order valence-corrected chi connectivity index (χ0v) is 13.8. The van der Waals surface area contributed by atoms with Crippen LogP contribution in [0.5, 0.6) is 0 Å². The van der Waals surface area contributed by atoms with Crippen molar-refractivity contribution in [3.63, 3.8) is 0 Å².